The van der Waals surface area contributed by atoms with Gasteiger partial charge in [0.2, 0.25) is 23.6 Å². The van der Waals surface area contributed by atoms with Crippen LogP contribution in [-0.2, 0) is 11.3 Å². The van der Waals surface area contributed by atoms with Gasteiger partial charge in [0.25, 0.3) is 0 Å². The monoisotopic (exact) mass is 531 g/mol. The molecule has 0 saturated heterocycles. The molecule has 1 atom stereocenters. The molecule has 0 bridgehead atoms. The standard InChI is InChI=1S/C27H22ClN5O5/c1-16-13-29-24(37-16)21-14-30-27(33(25(21)34)15-17-5-7-18(28)8-6-17)31-19-9-11-20(12-10-19)38-23-4-2-3-22(32-23)26(35)36/h2-13,21H,14-15H2,1H3,(H,30,31)(H,35,36). The quantitative estimate of drug-likeness (QED) is 0.336. The molecular weight excluding hydrogens is 510 g/mol. The summed E-state index contributed by atoms with van der Waals surface area (Å²) in [5, 5.41) is 12.9. The van der Waals surface area contributed by atoms with Crippen LogP contribution in [0.4, 0.5) is 5.69 Å². The van der Waals surface area contributed by atoms with Crippen molar-refractivity contribution in [1.29, 1.82) is 0 Å². The van der Waals surface area contributed by atoms with E-state index in [9.17, 15) is 9.59 Å². The van der Waals surface area contributed by atoms with Crippen LogP contribution < -0.4 is 10.1 Å². The SMILES string of the molecule is Cc1cnc(C2CN=C(Nc3ccc(Oc4cccc(C(=O)O)n4)cc3)N(Cc3ccc(Cl)cc3)C2=O)o1. The normalized spacial score (nSPS) is 15.2. The van der Waals surface area contributed by atoms with Gasteiger partial charge in [-0.3, -0.25) is 14.7 Å². The maximum atomic E-state index is 13.6. The molecule has 1 unspecified atom stereocenters. The first-order chi connectivity index (χ1) is 18.4. The number of carboxylic acids is 1. The number of aliphatic imine (C=N–C) groups is 1. The second-order valence-corrected chi connectivity index (χ2v) is 8.93. The topological polar surface area (TPSA) is 130 Å². The number of carbonyl (C=O) groups is 2. The summed E-state index contributed by atoms with van der Waals surface area (Å²) < 4.78 is 11.3. The first kappa shape index (κ1) is 25.0. The zero-order chi connectivity index (χ0) is 26.6. The van der Waals surface area contributed by atoms with Crippen molar-refractivity contribution >= 4 is 35.1 Å². The van der Waals surface area contributed by atoms with E-state index in [1.165, 1.54) is 6.07 Å². The fourth-order valence-electron chi connectivity index (χ4n) is 3.83. The number of carbonyl (C=O) groups excluding carboxylic acids is 1. The van der Waals surface area contributed by atoms with E-state index in [4.69, 9.17) is 25.9 Å². The van der Waals surface area contributed by atoms with Gasteiger partial charge in [-0.05, 0) is 55.0 Å². The van der Waals surface area contributed by atoms with Crippen molar-refractivity contribution in [3.05, 3.63) is 101 Å². The van der Waals surface area contributed by atoms with Crippen LogP contribution in [0.25, 0.3) is 0 Å². The number of halogens is 1. The number of anilines is 1. The third-order valence-electron chi connectivity index (χ3n) is 5.71. The van der Waals surface area contributed by atoms with Gasteiger partial charge in [-0.1, -0.05) is 29.8 Å². The molecule has 1 aliphatic rings. The number of amides is 1. The van der Waals surface area contributed by atoms with Gasteiger partial charge in [0.1, 0.15) is 17.4 Å². The number of rotatable bonds is 7. The van der Waals surface area contributed by atoms with Gasteiger partial charge < -0.3 is 19.6 Å². The predicted molar refractivity (Wildman–Crippen MR) is 140 cm³/mol. The molecule has 11 heteroatoms. The van der Waals surface area contributed by atoms with Crippen molar-refractivity contribution in [1.82, 2.24) is 14.9 Å². The summed E-state index contributed by atoms with van der Waals surface area (Å²) >= 11 is 6.03. The molecule has 0 spiro atoms. The lowest BCUT2D eigenvalue weighted by Gasteiger charge is -2.31. The van der Waals surface area contributed by atoms with E-state index >= 15 is 0 Å². The first-order valence-corrected chi connectivity index (χ1v) is 12.0. The van der Waals surface area contributed by atoms with Gasteiger partial charge in [-0.15, -0.1) is 0 Å². The third kappa shape index (κ3) is 5.65. The minimum absolute atomic E-state index is 0.111. The van der Waals surface area contributed by atoms with Crippen LogP contribution in [-0.4, -0.2) is 44.4 Å². The molecular formula is C27H22ClN5O5. The van der Waals surface area contributed by atoms with Crippen molar-refractivity contribution in [2.75, 3.05) is 11.9 Å². The second-order valence-electron chi connectivity index (χ2n) is 8.49. The Kier molecular flexibility index (Phi) is 7.05. The molecule has 0 radical (unpaired) electrons. The van der Waals surface area contributed by atoms with Crippen LogP contribution in [0.3, 0.4) is 0 Å². The van der Waals surface area contributed by atoms with Crippen LogP contribution in [0.2, 0.25) is 5.02 Å². The Hall–Kier alpha value is -4.70. The average molecular weight is 532 g/mol. The number of hydrogen-bond acceptors (Lipinski definition) is 8. The molecule has 2 aromatic heterocycles. The van der Waals surface area contributed by atoms with Gasteiger partial charge in [-0.25, -0.2) is 14.8 Å². The van der Waals surface area contributed by atoms with Crippen LogP contribution in [0, 0.1) is 6.92 Å². The van der Waals surface area contributed by atoms with Gasteiger partial charge in [0, 0.05) is 16.8 Å². The van der Waals surface area contributed by atoms with Gasteiger partial charge >= 0.3 is 5.97 Å². The Morgan fingerprint density at radius 2 is 1.92 bits per heavy atom. The number of hydrogen-bond donors (Lipinski definition) is 2. The van der Waals surface area contributed by atoms with Gasteiger partial charge in [0.05, 0.1) is 19.3 Å². The summed E-state index contributed by atoms with van der Waals surface area (Å²) in [7, 11) is 0. The van der Waals surface area contributed by atoms with Crippen LogP contribution in [0.15, 0.2) is 82.3 Å². The highest BCUT2D eigenvalue weighted by molar-refractivity contribution is 6.30. The molecule has 2 N–H and O–H groups in total. The maximum Gasteiger partial charge on any atom is 0.354 e. The van der Waals surface area contributed by atoms with E-state index in [-0.39, 0.29) is 30.6 Å². The Morgan fingerprint density at radius 3 is 2.61 bits per heavy atom. The summed E-state index contributed by atoms with van der Waals surface area (Å²) in [5.74, 6) is 0.000192. The largest absolute Gasteiger partial charge is 0.477 e. The smallest absolute Gasteiger partial charge is 0.354 e. The predicted octanol–water partition coefficient (Wildman–Crippen LogP) is 5.12. The molecule has 0 saturated carbocycles. The van der Waals surface area contributed by atoms with E-state index in [1.54, 1.807) is 66.6 Å². The second kappa shape index (κ2) is 10.7. The van der Waals surface area contributed by atoms with Gasteiger partial charge in [-0.2, -0.15) is 0 Å². The van der Waals surface area contributed by atoms with E-state index in [0.717, 1.165) is 5.56 Å². The molecule has 2 aromatic carbocycles. The summed E-state index contributed by atoms with van der Waals surface area (Å²) in [6, 6.07) is 18.7. The maximum absolute atomic E-state index is 13.6. The Morgan fingerprint density at radius 1 is 1.16 bits per heavy atom. The molecule has 3 heterocycles. The number of oxazole rings is 1. The number of nitrogens with one attached hydrogen (secondary N) is 1. The zero-order valence-electron chi connectivity index (χ0n) is 20.2. The molecule has 0 aliphatic carbocycles. The molecule has 192 valence electrons. The number of nitrogens with zero attached hydrogens (tertiary/aromatic N) is 4. The highest BCUT2D eigenvalue weighted by Crippen LogP contribution is 2.27. The van der Waals surface area contributed by atoms with Crippen LogP contribution in [0.1, 0.15) is 33.6 Å². The Balaban J connectivity index is 1.35. The molecule has 5 rings (SSSR count). The lowest BCUT2D eigenvalue weighted by molar-refractivity contribution is -0.130. The van der Waals surface area contributed by atoms with E-state index < -0.39 is 11.9 Å². The highest BCUT2D eigenvalue weighted by Gasteiger charge is 2.36. The fourth-order valence-corrected chi connectivity index (χ4v) is 3.96. The number of benzene rings is 2. The van der Waals surface area contributed by atoms with Crippen molar-refractivity contribution in [3.63, 3.8) is 0 Å². The van der Waals surface area contributed by atoms with Crippen molar-refractivity contribution in [2.24, 2.45) is 4.99 Å². The zero-order valence-corrected chi connectivity index (χ0v) is 20.9. The fraction of sp³-hybridized carbons (Fsp3) is 0.148. The first-order valence-electron chi connectivity index (χ1n) is 11.6. The van der Waals surface area contributed by atoms with E-state index in [1.807, 2.05) is 12.1 Å². The van der Waals surface area contributed by atoms with Gasteiger partial charge in [0.15, 0.2) is 5.69 Å². The molecule has 10 nitrogen and oxygen atoms in total. The molecule has 4 aromatic rings. The van der Waals surface area contributed by atoms with Crippen molar-refractivity contribution in [2.45, 2.75) is 19.4 Å². The molecule has 1 aliphatic heterocycles. The summed E-state index contributed by atoms with van der Waals surface area (Å²) in [6.07, 6.45) is 1.58. The minimum Gasteiger partial charge on any atom is -0.477 e. The lowest BCUT2D eigenvalue weighted by atomic mass is 10.1. The number of ether oxygens (including phenoxy) is 1. The van der Waals surface area contributed by atoms with E-state index in [0.29, 0.717) is 34.1 Å². The van der Waals surface area contributed by atoms with E-state index in [2.05, 4.69) is 20.3 Å². The number of aromatic carboxylic acids is 1. The highest BCUT2D eigenvalue weighted by atomic mass is 35.5. The van der Waals surface area contributed by atoms with Crippen molar-refractivity contribution < 1.29 is 23.8 Å². The number of aryl methyl sites for hydroxylation is 1. The lowest BCUT2D eigenvalue weighted by Crippen LogP contribution is -2.47. The number of guanidine groups is 1. The summed E-state index contributed by atoms with van der Waals surface area (Å²) in [6.45, 7) is 2.23. The average Bonchev–Trinajstić information content (AvgIpc) is 3.34. The summed E-state index contributed by atoms with van der Waals surface area (Å²) in [4.78, 5) is 39.1. The summed E-state index contributed by atoms with van der Waals surface area (Å²) in [5.41, 5.74) is 1.43. The van der Waals surface area contributed by atoms with Crippen LogP contribution >= 0.6 is 11.6 Å². The van der Waals surface area contributed by atoms with Crippen molar-refractivity contribution in [3.8, 4) is 11.6 Å². The number of aromatic nitrogens is 2. The molecule has 1 amide bonds. The number of pyridine rings is 1. The third-order valence-corrected chi connectivity index (χ3v) is 5.96. The Bertz CT molecular complexity index is 1500. The Labute approximate surface area is 222 Å². The number of carboxylic acid groups (broad SMARTS) is 1. The minimum atomic E-state index is -1.14. The molecule has 38 heavy (non-hydrogen) atoms. The van der Waals surface area contributed by atoms with Crippen LogP contribution in [0.5, 0.6) is 11.6 Å². The molecule has 0 fully saturated rings.